The fraction of sp³-hybridized carbons (Fsp3) is 0.333. The Labute approximate surface area is 170 Å². The Morgan fingerprint density at radius 3 is 2.47 bits per heavy atom. The molecule has 0 saturated carbocycles. The van der Waals surface area contributed by atoms with Crippen LogP contribution in [0.3, 0.4) is 0 Å². The van der Waals surface area contributed by atoms with Crippen molar-refractivity contribution in [3.05, 3.63) is 53.3 Å². The summed E-state index contributed by atoms with van der Waals surface area (Å²) in [7, 11) is 1.49. The second-order valence-corrected chi connectivity index (χ2v) is 8.14. The van der Waals surface area contributed by atoms with Crippen LogP contribution < -0.4 is 10.5 Å². The van der Waals surface area contributed by atoms with E-state index in [-0.39, 0.29) is 29.4 Å². The number of nitrogens with two attached hydrogens (primary N) is 1. The van der Waals surface area contributed by atoms with E-state index in [2.05, 4.69) is 4.99 Å². The average Bonchev–Trinajstić information content (AvgIpc) is 2.84. The van der Waals surface area contributed by atoms with Crippen molar-refractivity contribution < 1.29 is 27.1 Å². The van der Waals surface area contributed by atoms with E-state index < -0.39 is 28.7 Å². The maximum absolute atomic E-state index is 14.4. The Bertz CT molecular complexity index is 1090. The molecule has 0 radical (unpaired) electrons. The minimum absolute atomic E-state index is 0.0271. The predicted octanol–water partition coefficient (Wildman–Crippen LogP) is 4.05. The number of benzene rings is 2. The smallest absolute Gasteiger partial charge is 0.416 e. The standard InChI is InChI=1S/C21H19F4N3O2/c1-19(2)10-20(17(29)28(3)18(26)27-20)14-8-11(4-7-16(14)30-19)13-9-12(21(23,24)25)5-6-15(13)22/h4-9H,10H2,1-3H3,(H2,26,27). The number of alkyl halides is 3. The monoisotopic (exact) mass is 421 g/mol. The molecule has 0 saturated heterocycles. The first-order valence-electron chi connectivity index (χ1n) is 9.18. The van der Waals surface area contributed by atoms with Crippen LogP contribution in [0.5, 0.6) is 5.75 Å². The van der Waals surface area contributed by atoms with Gasteiger partial charge in [-0.25, -0.2) is 9.38 Å². The van der Waals surface area contributed by atoms with Crippen LogP contribution in [0.1, 0.15) is 31.4 Å². The predicted molar refractivity (Wildman–Crippen MR) is 102 cm³/mol. The number of amides is 1. The van der Waals surface area contributed by atoms with Crippen molar-refractivity contribution in [1.29, 1.82) is 0 Å². The molecule has 158 valence electrons. The van der Waals surface area contributed by atoms with Gasteiger partial charge in [-0.2, -0.15) is 13.2 Å². The number of hydrogen-bond acceptors (Lipinski definition) is 4. The number of halogens is 4. The quantitative estimate of drug-likeness (QED) is 0.707. The molecule has 2 aromatic rings. The maximum atomic E-state index is 14.4. The van der Waals surface area contributed by atoms with E-state index in [1.165, 1.54) is 30.1 Å². The second kappa shape index (κ2) is 6.20. The number of guanidine groups is 1. The van der Waals surface area contributed by atoms with Crippen molar-refractivity contribution in [2.24, 2.45) is 10.7 Å². The normalized spacial score (nSPS) is 22.7. The minimum atomic E-state index is -4.62. The highest BCUT2D eigenvalue weighted by molar-refractivity contribution is 6.07. The molecule has 2 aromatic carbocycles. The van der Waals surface area contributed by atoms with Crippen molar-refractivity contribution in [3.8, 4) is 16.9 Å². The molecule has 0 bridgehead atoms. The highest BCUT2D eigenvalue weighted by Gasteiger charge is 2.55. The Balaban J connectivity index is 1.92. The number of ether oxygens (including phenoxy) is 1. The number of aliphatic imine (C=N–C) groups is 1. The third kappa shape index (κ3) is 3.00. The lowest BCUT2D eigenvalue weighted by Crippen LogP contribution is -2.49. The lowest BCUT2D eigenvalue weighted by atomic mass is 9.77. The van der Waals surface area contributed by atoms with Gasteiger partial charge in [0.05, 0.1) is 5.56 Å². The fourth-order valence-electron chi connectivity index (χ4n) is 4.07. The van der Waals surface area contributed by atoms with Crippen LogP contribution >= 0.6 is 0 Å². The van der Waals surface area contributed by atoms with Crippen molar-refractivity contribution in [2.75, 3.05) is 7.05 Å². The van der Waals surface area contributed by atoms with E-state index >= 15 is 0 Å². The van der Waals surface area contributed by atoms with Gasteiger partial charge < -0.3 is 10.5 Å². The third-order valence-corrected chi connectivity index (χ3v) is 5.41. The summed E-state index contributed by atoms with van der Waals surface area (Å²) in [4.78, 5) is 18.7. The Hall–Kier alpha value is -3.10. The summed E-state index contributed by atoms with van der Waals surface area (Å²) in [6.45, 7) is 3.60. The molecule has 0 fully saturated rings. The summed E-state index contributed by atoms with van der Waals surface area (Å²) >= 11 is 0. The number of fused-ring (bicyclic) bond motifs is 2. The highest BCUT2D eigenvalue weighted by Crippen LogP contribution is 2.50. The molecule has 0 aliphatic carbocycles. The average molecular weight is 421 g/mol. The van der Waals surface area contributed by atoms with E-state index in [4.69, 9.17) is 10.5 Å². The molecule has 9 heteroatoms. The van der Waals surface area contributed by atoms with Crippen LogP contribution in [-0.4, -0.2) is 29.4 Å². The zero-order valence-electron chi connectivity index (χ0n) is 16.5. The molecular formula is C21H19F4N3O2. The van der Waals surface area contributed by atoms with Gasteiger partial charge in [0, 0.05) is 24.6 Å². The number of carbonyl (C=O) groups is 1. The number of nitrogens with zero attached hydrogens (tertiary/aromatic N) is 2. The van der Waals surface area contributed by atoms with Crippen molar-refractivity contribution in [1.82, 2.24) is 4.90 Å². The van der Waals surface area contributed by atoms with Crippen LogP contribution in [0, 0.1) is 5.82 Å². The van der Waals surface area contributed by atoms with Crippen molar-refractivity contribution in [3.63, 3.8) is 0 Å². The molecule has 4 rings (SSSR count). The zero-order chi connectivity index (χ0) is 22.1. The molecule has 2 N–H and O–H groups in total. The molecule has 5 nitrogen and oxygen atoms in total. The highest BCUT2D eigenvalue weighted by atomic mass is 19.4. The van der Waals surface area contributed by atoms with Gasteiger partial charge in [0.1, 0.15) is 17.2 Å². The van der Waals surface area contributed by atoms with Gasteiger partial charge >= 0.3 is 6.18 Å². The lowest BCUT2D eigenvalue weighted by molar-refractivity contribution is -0.137. The van der Waals surface area contributed by atoms with Crippen LogP contribution in [0.2, 0.25) is 0 Å². The van der Waals surface area contributed by atoms with Gasteiger partial charge in [-0.05, 0) is 49.7 Å². The lowest BCUT2D eigenvalue weighted by Gasteiger charge is -2.41. The first-order valence-corrected chi connectivity index (χ1v) is 9.18. The molecule has 2 heterocycles. The molecule has 2 aliphatic rings. The van der Waals surface area contributed by atoms with Crippen LogP contribution in [-0.2, 0) is 16.5 Å². The SMILES string of the molecule is CN1C(=O)C2(CC(C)(C)Oc3ccc(-c4cc(C(F)(F)F)ccc4F)cc32)N=C1N. The molecule has 1 spiro atoms. The molecule has 0 aromatic heterocycles. The fourth-order valence-corrected chi connectivity index (χ4v) is 4.07. The topological polar surface area (TPSA) is 67.9 Å². The number of rotatable bonds is 1. The first-order chi connectivity index (χ1) is 13.8. The summed E-state index contributed by atoms with van der Waals surface area (Å²) in [5.41, 5.74) is 3.07. The summed E-state index contributed by atoms with van der Waals surface area (Å²) in [6, 6.07) is 6.64. The third-order valence-electron chi connectivity index (χ3n) is 5.41. The summed E-state index contributed by atoms with van der Waals surface area (Å²) < 4.78 is 59.8. The number of likely N-dealkylation sites (N-methyl/N-ethyl adjacent to an activating group) is 1. The van der Waals surface area contributed by atoms with Crippen LogP contribution in [0.4, 0.5) is 17.6 Å². The van der Waals surface area contributed by atoms with Gasteiger partial charge in [0.15, 0.2) is 11.5 Å². The van der Waals surface area contributed by atoms with Gasteiger partial charge in [0.25, 0.3) is 5.91 Å². The van der Waals surface area contributed by atoms with Crippen LogP contribution in [0.15, 0.2) is 41.4 Å². The molecule has 2 aliphatic heterocycles. The van der Waals surface area contributed by atoms with E-state index in [1.54, 1.807) is 13.8 Å². The van der Waals surface area contributed by atoms with Gasteiger partial charge in [-0.3, -0.25) is 9.69 Å². The Morgan fingerprint density at radius 1 is 1.17 bits per heavy atom. The van der Waals surface area contributed by atoms with Crippen LogP contribution in [0.25, 0.3) is 11.1 Å². The Morgan fingerprint density at radius 2 is 1.87 bits per heavy atom. The van der Waals surface area contributed by atoms with E-state index in [0.29, 0.717) is 17.4 Å². The molecule has 1 atom stereocenters. The van der Waals surface area contributed by atoms with Gasteiger partial charge in [-0.1, -0.05) is 6.07 Å². The largest absolute Gasteiger partial charge is 0.487 e. The number of hydrogen-bond donors (Lipinski definition) is 1. The number of carbonyl (C=O) groups excluding carboxylic acids is 1. The second-order valence-electron chi connectivity index (χ2n) is 8.14. The zero-order valence-corrected chi connectivity index (χ0v) is 16.5. The minimum Gasteiger partial charge on any atom is -0.487 e. The molecule has 30 heavy (non-hydrogen) atoms. The molecule has 1 unspecified atom stereocenters. The van der Waals surface area contributed by atoms with E-state index in [0.717, 1.165) is 12.1 Å². The van der Waals surface area contributed by atoms with Gasteiger partial charge in [0.2, 0.25) is 0 Å². The van der Waals surface area contributed by atoms with E-state index in [1.807, 2.05) is 0 Å². The van der Waals surface area contributed by atoms with Crippen molar-refractivity contribution in [2.45, 2.75) is 37.6 Å². The summed E-state index contributed by atoms with van der Waals surface area (Å²) in [5.74, 6) is -0.812. The maximum Gasteiger partial charge on any atom is 0.416 e. The van der Waals surface area contributed by atoms with Crippen molar-refractivity contribution >= 4 is 11.9 Å². The summed E-state index contributed by atoms with van der Waals surface area (Å²) in [5, 5.41) is 0. The van der Waals surface area contributed by atoms with Gasteiger partial charge in [-0.15, -0.1) is 0 Å². The molecular weight excluding hydrogens is 402 g/mol. The first kappa shape index (κ1) is 20.2. The van der Waals surface area contributed by atoms with E-state index in [9.17, 15) is 22.4 Å². The Kier molecular flexibility index (Phi) is 4.17. The summed E-state index contributed by atoms with van der Waals surface area (Å²) in [6.07, 6.45) is -4.45. The molecule has 1 amide bonds.